The molecule has 0 aromatic carbocycles. The van der Waals surface area contributed by atoms with Gasteiger partial charge in [0.05, 0.1) is 13.2 Å². The Balaban J connectivity index is 2.00. The van der Waals surface area contributed by atoms with E-state index < -0.39 is 31.6 Å². The van der Waals surface area contributed by atoms with Crippen molar-refractivity contribution in [1.82, 2.24) is 19.8 Å². The van der Waals surface area contributed by atoms with Gasteiger partial charge in [-0.25, -0.2) is 0 Å². The first-order valence-corrected chi connectivity index (χ1v) is 16.1. The smallest absolute Gasteiger partial charge is 0.257 e. The third-order valence-corrected chi connectivity index (χ3v) is 9.09. The first-order chi connectivity index (χ1) is 17.3. The molecule has 0 aromatic rings. The molecule has 0 spiro atoms. The lowest BCUT2D eigenvalue weighted by Crippen LogP contribution is -2.74. The fourth-order valence-corrected chi connectivity index (χ4v) is 7.00. The molecule has 3 aliphatic heterocycles. The number of fused-ring (bicyclic) bond motifs is 1. The van der Waals surface area contributed by atoms with Crippen molar-refractivity contribution >= 4 is 25.1 Å². The summed E-state index contributed by atoms with van der Waals surface area (Å²) in [4.78, 5) is 53.2. The van der Waals surface area contributed by atoms with Crippen LogP contribution in [0.15, 0.2) is 0 Å². The number of hydroxylamine groups is 2. The van der Waals surface area contributed by atoms with Gasteiger partial charge in [-0.15, -0.1) is 0 Å². The zero-order valence-corrected chi connectivity index (χ0v) is 24.6. The third kappa shape index (κ3) is 7.34. The van der Waals surface area contributed by atoms with Crippen molar-refractivity contribution in [2.45, 2.75) is 91.1 Å². The summed E-state index contributed by atoms with van der Waals surface area (Å²) < 4.78 is 18.3. The highest BCUT2D eigenvalue weighted by Gasteiger charge is 2.54. The van der Waals surface area contributed by atoms with Crippen LogP contribution in [0, 0.1) is 11.8 Å². The quantitative estimate of drug-likeness (QED) is 0.413. The summed E-state index contributed by atoms with van der Waals surface area (Å²) in [5.41, 5.74) is 0. The van der Waals surface area contributed by atoms with Crippen LogP contribution in [-0.2, 0) is 28.3 Å². The second kappa shape index (κ2) is 12.6. The Labute approximate surface area is 222 Å². The van der Waals surface area contributed by atoms with E-state index in [1.165, 1.54) is 11.7 Å². The Morgan fingerprint density at radius 3 is 2.38 bits per heavy atom. The van der Waals surface area contributed by atoms with Gasteiger partial charge in [0.1, 0.15) is 12.2 Å². The normalized spacial score (nSPS) is 29.5. The third-order valence-electron chi connectivity index (χ3n) is 7.44. The lowest BCUT2D eigenvalue weighted by molar-refractivity contribution is -0.276. The number of likely N-dealkylation sites (tertiary alicyclic amines) is 1. The maximum Gasteiger partial charge on any atom is 0.257 e. The molecule has 3 saturated heterocycles. The topological polar surface area (TPSA) is 99.7 Å². The van der Waals surface area contributed by atoms with Gasteiger partial charge in [0.25, 0.3) is 11.8 Å². The summed E-state index contributed by atoms with van der Waals surface area (Å²) in [6.07, 6.45) is 1.69. The van der Waals surface area contributed by atoms with E-state index in [0.29, 0.717) is 12.8 Å². The fourth-order valence-electron chi connectivity index (χ4n) is 5.73. The first-order valence-electron chi connectivity index (χ1n) is 13.9. The van der Waals surface area contributed by atoms with Crippen LogP contribution in [0.3, 0.4) is 0 Å². The van der Waals surface area contributed by atoms with E-state index in [4.69, 9.17) is 9.36 Å². The lowest BCUT2D eigenvalue weighted by Gasteiger charge is -2.54. The molecule has 0 saturated carbocycles. The minimum absolute atomic E-state index is 0.0374. The first kappa shape index (κ1) is 30.1. The van der Waals surface area contributed by atoms with Crippen molar-refractivity contribution in [2.75, 3.05) is 46.1 Å². The molecule has 3 fully saturated rings. The maximum atomic E-state index is 14.0. The fraction of sp³-hybridized carbons (Fsp3) is 0.885. The molecule has 11 heteroatoms. The van der Waals surface area contributed by atoms with E-state index in [1.807, 2.05) is 32.6 Å². The van der Waals surface area contributed by atoms with Gasteiger partial charge in [0.15, 0.2) is 12.3 Å². The molecule has 3 amide bonds. The molecule has 3 rings (SSSR count). The minimum Gasteiger partial charge on any atom is -0.334 e. The van der Waals surface area contributed by atoms with E-state index in [-0.39, 0.29) is 49.0 Å². The zero-order chi connectivity index (χ0) is 27.5. The monoisotopic (exact) mass is 542 g/mol. The van der Waals surface area contributed by atoms with Gasteiger partial charge in [-0.2, -0.15) is 5.06 Å². The number of amides is 3. The van der Waals surface area contributed by atoms with Crippen LogP contribution in [0.2, 0.25) is 0 Å². The van der Waals surface area contributed by atoms with E-state index in [9.17, 15) is 18.9 Å². The summed E-state index contributed by atoms with van der Waals surface area (Å²) >= 11 is 0. The van der Waals surface area contributed by atoms with Gasteiger partial charge in [0, 0.05) is 12.7 Å². The van der Waals surface area contributed by atoms with E-state index in [0.717, 1.165) is 32.4 Å². The van der Waals surface area contributed by atoms with Crippen LogP contribution in [0.25, 0.3) is 0 Å². The van der Waals surface area contributed by atoms with Gasteiger partial charge in [-0.3, -0.25) is 23.8 Å². The molecular formula is C26H47N4O6P. The van der Waals surface area contributed by atoms with Crippen LogP contribution >= 0.6 is 7.37 Å². The molecule has 10 nitrogen and oxygen atoms in total. The second-order valence-corrected chi connectivity index (χ2v) is 14.4. The summed E-state index contributed by atoms with van der Waals surface area (Å²) in [5.74, 6) is -0.445. The van der Waals surface area contributed by atoms with Crippen molar-refractivity contribution in [3.05, 3.63) is 0 Å². The van der Waals surface area contributed by atoms with Crippen LogP contribution in [-0.4, -0.2) is 108 Å². The van der Waals surface area contributed by atoms with Crippen molar-refractivity contribution in [2.24, 2.45) is 11.8 Å². The molecule has 5 atom stereocenters. The van der Waals surface area contributed by atoms with Gasteiger partial charge in [0.2, 0.25) is 13.3 Å². The number of piperazine rings is 1. The Kier molecular flexibility index (Phi) is 10.2. The van der Waals surface area contributed by atoms with Crippen molar-refractivity contribution in [3.63, 3.8) is 0 Å². The summed E-state index contributed by atoms with van der Waals surface area (Å²) in [6, 6.07) is -0.628. The lowest BCUT2D eigenvalue weighted by atomic mass is 9.93. The molecule has 0 bridgehead atoms. The molecule has 2 unspecified atom stereocenters. The summed E-state index contributed by atoms with van der Waals surface area (Å²) in [5, 5.41) is 1.25. The number of hydrogen-bond acceptors (Lipinski definition) is 7. The molecule has 0 radical (unpaired) electrons. The number of carbonyl (C=O) groups excluding carboxylic acids is 3. The summed E-state index contributed by atoms with van der Waals surface area (Å²) in [6.45, 7) is 13.5. The molecule has 0 aliphatic carbocycles. The van der Waals surface area contributed by atoms with Crippen LogP contribution < -0.4 is 0 Å². The van der Waals surface area contributed by atoms with Crippen LogP contribution in [0.4, 0.5) is 0 Å². The molecular weight excluding hydrogens is 495 g/mol. The maximum absolute atomic E-state index is 14.0. The molecule has 212 valence electrons. The predicted molar refractivity (Wildman–Crippen MR) is 142 cm³/mol. The standard InChI is InChI=1S/C26H47N4O6P/c1-8-35-37(7,34)17-24(31)30-23-16-28(20-10-9-12-27(6)13-11-20)25(32)21(14-18(2)3)29(23)26(33)22(36-30)15-19(4)5/h18-23H,8-17H2,1-7H3/t20?,21-,22+,23-,37?/m0/s1. The van der Waals surface area contributed by atoms with E-state index >= 15 is 0 Å². The largest absolute Gasteiger partial charge is 0.334 e. The highest BCUT2D eigenvalue weighted by atomic mass is 31.2. The van der Waals surface area contributed by atoms with Gasteiger partial charge in [-0.05, 0) is 71.0 Å². The Hall–Kier alpha value is -1.48. The molecule has 0 N–H and O–H groups in total. The molecule has 37 heavy (non-hydrogen) atoms. The number of hydrogen-bond donors (Lipinski definition) is 0. The van der Waals surface area contributed by atoms with Crippen molar-refractivity contribution in [1.29, 1.82) is 0 Å². The van der Waals surface area contributed by atoms with Gasteiger partial charge >= 0.3 is 0 Å². The number of carbonyl (C=O) groups is 3. The van der Waals surface area contributed by atoms with E-state index in [1.54, 1.807) is 11.8 Å². The average Bonchev–Trinajstić information content (AvgIpc) is 3.00. The summed E-state index contributed by atoms with van der Waals surface area (Å²) in [7, 11) is -1.10. The Morgan fingerprint density at radius 1 is 1.08 bits per heavy atom. The van der Waals surface area contributed by atoms with Crippen molar-refractivity contribution in [3.8, 4) is 0 Å². The van der Waals surface area contributed by atoms with E-state index in [2.05, 4.69) is 11.9 Å². The number of nitrogens with zero attached hydrogens (tertiary/aromatic N) is 4. The Morgan fingerprint density at radius 2 is 1.76 bits per heavy atom. The molecule has 3 aliphatic rings. The SMILES string of the molecule is CCOP(C)(=O)CC(=O)N1O[C@H](CC(C)C)C(=O)N2[C@@H]1CN(C1CCCN(C)CC1)C(=O)[C@@H]2CC(C)C. The second-order valence-electron chi connectivity index (χ2n) is 11.8. The zero-order valence-electron chi connectivity index (χ0n) is 23.7. The van der Waals surface area contributed by atoms with Crippen molar-refractivity contribution < 1.29 is 28.3 Å². The molecule has 3 heterocycles. The average molecular weight is 543 g/mol. The molecule has 0 aromatic heterocycles. The highest BCUT2D eigenvalue weighted by Crippen LogP contribution is 2.43. The highest BCUT2D eigenvalue weighted by molar-refractivity contribution is 7.59. The van der Waals surface area contributed by atoms with Crippen LogP contribution in [0.1, 0.15) is 66.7 Å². The van der Waals surface area contributed by atoms with Crippen LogP contribution in [0.5, 0.6) is 0 Å². The predicted octanol–water partition coefficient (Wildman–Crippen LogP) is 3.02. The van der Waals surface area contributed by atoms with Gasteiger partial charge < -0.3 is 19.2 Å². The van der Waals surface area contributed by atoms with Gasteiger partial charge in [-0.1, -0.05) is 27.7 Å². The number of rotatable bonds is 9. The minimum atomic E-state index is -3.19. The Bertz CT molecular complexity index is 883.